The van der Waals surface area contributed by atoms with Gasteiger partial charge in [-0.05, 0) is 17.7 Å². The standard InChI is InChI=1S/C12H10F3N3O2/c13-9-1-7(2-10(14)11(9)15)4-18-5-8(3-17-18)6-20-12(16)19/h1-3,5H,4,6H2,(H2,16,19). The van der Waals surface area contributed by atoms with Crippen molar-refractivity contribution in [3.8, 4) is 0 Å². The molecule has 0 bridgehead atoms. The van der Waals surface area contributed by atoms with Crippen molar-refractivity contribution < 1.29 is 22.7 Å². The highest BCUT2D eigenvalue weighted by Gasteiger charge is 2.11. The summed E-state index contributed by atoms with van der Waals surface area (Å²) >= 11 is 0. The Morgan fingerprint density at radius 1 is 1.25 bits per heavy atom. The van der Waals surface area contributed by atoms with Gasteiger partial charge in [-0.3, -0.25) is 4.68 Å². The van der Waals surface area contributed by atoms with Gasteiger partial charge < -0.3 is 10.5 Å². The Hall–Kier alpha value is -2.51. The molecule has 2 N–H and O–H groups in total. The minimum absolute atomic E-state index is 0.0463. The van der Waals surface area contributed by atoms with Crippen LogP contribution in [0.25, 0.3) is 0 Å². The molecule has 106 valence electrons. The number of halogens is 3. The van der Waals surface area contributed by atoms with E-state index < -0.39 is 23.5 Å². The van der Waals surface area contributed by atoms with Crippen LogP contribution in [0.3, 0.4) is 0 Å². The molecule has 8 heteroatoms. The summed E-state index contributed by atoms with van der Waals surface area (Å²) in [6, 6.07) is 1.78. The van der Waals surface area contributed by atoms with Gasteiger partial charge in [-0.25, -0.2) is 18.0 Å². The van der Waals surface area contributed by atoms with Crippen LogP contribution in [0.15, 0.2) is 24.5 Å². The molecule has 2 aromatic rings. The number of hydrogen-bond acceptors (Lipinski definition) is 3. The fourth-order valence-electron chi connectivity index (χ4n) is 1.61. The Morgan fingerprint density at radius 2 is 1.90 bits per heavy atom. The SMILES string of the molecule is NC(=O)OCc1cnn(Cc2cc(F)c(F)c(F)c2)c1. The van der Waals surface area contributed by atoms with Crippen LogP contribution in [-0.2, 0) is 17.9 Å². The number of benzene rings is 1. The first-order valence-electron chi connectivity index (χ1n) is 5.52. The number of carbonyl (C=O) groups excluding carboxylic acids is 1. The maximum absolute atomic E-state index is 13.0. The average molecular weight is 285 g/mol. The predicted octanol–water partition coefficient (Wildman–Crippen LogP) is 1.94. The van der Waals surface area contributed by atoms with Crippen molar-refractivity contribution in [2.45, 2.75) is 13.2 Å². The Kier molecular flexibility index (Phi) is 3.92. The van der Waals surface area contributed by atoms with Gasteiger partial charge in [-0.1, -0.05) is 0 Å². The molecule has 0 aliphatic heterocycles. The zero-order valence-electron chi connectivity index (χ0n) is 10.1. The number of nitrogens with zero attached hydrogens (tertiary/aromatic N) is 2. The molecule has 5 nitrogen and oxygen atoms in total. The summed E-state index contributed by atoms with van der Waals surface area (Å²) in [6.07, 6.45) is 2.02. The van der Waals surface area contributed by atoms with Crippen LogP contribution in [0, 0.1) is 17.5 Å². The van der Waals surface area contributed by atoms with Crippen LogP contribution >= 0.6 is 0 Å². The number of aromatic nitrogens is 2. The smallest absolute Gasteiger partial charge is 0.404 e. The first kappa shape index (κ1) is 13.9. The summed E-state index contributed by atoms with van der Waals surface area (Å²) in [5.41, 5.74) is 5.59. The van der Waals surface area contributed by atoms with E-state index in [0.29, 0.717) is 5.56 Å². The molecule has 0 saturated heterocycles. The number of nitrogens with two attached hydrogens (primary N) is 1. The third kappa shape index (κ3) is 3.28. The highest BCUT2D eigenvalue weighted by Crippen LogP contribution is 2.14. The third-order valence-electron chi connectivity index (χ3n) is 2.46. The van der Waals surface area contributed by atoms with E-state index in [1.807, 2.05) is 0 Å². The molecule has 0 saturated carbocycles. The molecule has 0 radical (unpaired) electrons. The van der Waals surface area contributed by atoms with Crippen LogP contribution in [-0.4, -0.2) is 15.9 Å². The largest absolute Gasteiger partial charge is 0.445 e. The van der Waals surface area contributed by atoms with Crippen LogP contribution in [0.5, 0.6) is 0 Å². The van der Waals surface area contributed by atoms with Crippen molar-refractivity contribution in [2.75, 3.05) is 0 Å². The average Bonchev–Trinajstić information content (AvgIpc) is 2.81. The maximum atomic E-state index is 13.0. The third-order valence-corrected chi connectivity index (χ3v) is 2.46. The predicted molar refractivity (Wildman–Crippen MR) is 62.0 cm³/mol. The second-order valence-corrected chi connectivity index (χ2v) is 4.03. The summed E-state index contributed by atoms with van der Waals surface area (Å²) < 4.78 is 44.8. The van der Waals surface area contributed by atoms with Crippen LogP contribution in [0.2, 0.25) is 0 Å². The molecular weight excluding hydrogens is 275 g/mol. The van der Waals surface area contributed by atoms with Crippen molar-refractivity contribution in [1.29, 1.82) is 0 Å². The van der Waals surface area contributed by atoms with Gasteiger partial charge in [0.1, 0.15) is 6.61 Å². The number of amides is 1. The van der Waals surface area contributed by atoms with Crippen molar-refractivity contribution in [2.24, 2.45) is 5.73 Å². The molecule has 0 atom stereocenters. The van der Waals surface area contributed by atoms with Gasteiger partial charge >= 0.3 is 6.09 Å². The second kappa shape index (κ2) is 5.64. The summed E-state index contributed by atoms with van der Waals surface area (Å²) in [5.74, 6) is -4.03. The molecular formula is C12H10F3N3O2. The first-order valence-corrected chi connectivity index (χ1v) is 5.52. The summed E-state index contributed by atoms with van der Waals surface area (Å²) in [7, 11) is 0. The molecule has 2 rings (SSSR count). The molecule has 0 aliphatic rings. The maximum Gasteiger partial charge on any atom is 0.404 e. The summed E-state index contributed by atoms with van der Waals surface area (Å²) in [5, 5.41) is 3.92. The zero-order valence-corrected chi connectivity index (χ0v) is 10.1. The molecule has 1 aromatic carbocycles. The fourth-order valence-corrected chi connectivity index (χ4v) is 1.61. The van der Waals surface area contributed by atoms with Gasteiger partial charge in [0.2, 0.25) is 0 Å². The lowest BCUT2D eigenvalue weighted by molar-refractivity contribution is 0.150. The van der Waals surface area contributed by atoms with E-state index in [2.05, 4.69) is 9.84 Å². The topological polar surface area (TPSA) is 70.1 Å². The van der Waals surface area contributed by atoms with Crippen molar-refractivity contribution in [1.82, 2.24) is 9.78 Å². The number of rotatable bonds is 4. The monoisotopic (exact) mass is 285 g/mol. The molecule has 1 amide bonds. The van der Waals surface area contributed by atoms with Crippen LogP contribution in [0.4, 0.5) is 18.0 Å². The molecule has 0 unspecified atom stereocenters. The van der Waals surface area contributed by atoms with Gasteiger partial charge in [0, 0.05) is 11.8 Å². The Labute approximate surface area is 111 Å². The molecule has 20 heavy (non-hydrogen) atoms. The molecule has 0 spiro atoms. The molecule has 1 heterocycles. The van der Waals surface area contributed by atoms with Gasteiger partial charge in [0.15, 0.2) is 17.5 Å². The van der Waals surface area contributed by atoms with Gasteiger partial charge in [0.05, 0.1) is 12.7 Å². The van der Waals surface area contributed by atoms with E-state index in [4.69, 9.17) is 5.73 Å². The van der Waals surface area contributed by atoms with Crippen molar-refractivity contribution in [3.05, 3.63) is 53.1 Å². The lowest BCUT2D eigenvalue weighted by Crippen LogP contribution is -2.12. The van der Waals surface area contributed by atoms with Gasteiger partial charge in [0.25, 0.3) is 0 Å². The number of carbonyl (C=O) groups is 1. The zero-order chi connectivity index (χ0) is 14.7. The van der Waals surface area contributed by atoms with Crippen LogP contribution < -0.4 is 5.73 Å². The lowest BCUT2D eigenvalue weighted by Gasteiger charge is -2.03. The van der Waals surface area contributed by atoms with Gasteiger partial charge in [-0.2, -0.15) is 5.10 Å². The van der Waals surface area contributed by atoms with Crippen molar-refractivity contribution >= 4 is 6.09 Å². The Balaban J connectivity index is 2.09. The highest BCUT2D eigenvalue weighted by atomic mass is 19.2. The highest BCUT2D eigenvalue weighted by molar-refractivity contribution is 5.64. The number of hydrogen-bond donors (Lipinski definition) is 1. The first-order chi connectivity index (χ1) is 9.45. The number of ether oxygens (including phenoxy) is 1. The lowest BCUT2D eigenvalue weighted by atomic mass is 10.2. The Bertz CT molecular complexity index is 620. The minimum atomic E-state index is -1.51. The van der Waals surface area contributed by atoms with E-state index in [1.54, 1.807) is 0 Å². The molecule has 0 aliphatic carbocycles. The van der Waals surface area contributed by atoms with Gasteiger partial charge in [-0.15, -0.1) is 0 Å². The summed E-state index contributed by atoms with van der Waals surface area (Å²) in [6.45, 7) is -0.00777. The minimum Gasteiger partial charge on any atom is -0.445 e. The van der Waals surface area contributed by atoms with E-state index in [-0.39, 0.29) is 18.7 Å². The van der Waals surface area contributed by atoms with E-state index in [0.717, 1.165) is 12.1 Å². The van der Waals surface area contributed by atoms with E-state index >= 15 is 0 Å². The normalized spacial score (nSPS) is 10.6. The Morgan fingerprint density at radius 3 is 2.50 bits per heavy atom. The second-order valence-electron chi connectivity index (χ2n) is 4.03. The molecule has 1 aromatic heterocycles. The van der Waals surface area contributed by atoms with E-state index in [9.17, 15) is 18.0 Å². The van der Waals surface area contributed by atoms with Crippen molar-refractivity contribution in [3.63, 3.8) is 0 Å². The number of primary amides is 1. The van der Waals surface area contributed by atoms with E-state index in [1.165, 1.54) is 17.1 Å². The fraction of sp³-hybridized carbons (Fsp3) is 0.167. The summed E-state index contributed by atoms with van der Waals surface area (Å²) in [4.78, 5) is 10.4. The van der Waals surface area contributed by atoms with Crippen LogP contribution in [0.1, 0.15) is 11.1 Å². The quantitative estimate of drug-likeness (QED) is 0.873. The molecule has 0 fully saturated rings.